The van der Waals surface area contributed by atoms with Gasteiger partial charge in [-0.15, -0.1) is 0 Å². The summed E-state index contributed by atoms with van der Waals surface area (Å²) in [6.45, 7) is 0.147. The molecule has 0 aliphatic heterocycles. The predicted molar refractivity (Wildman–Crippen MR) is 50.3 cm³/mol. The van der Waals surface area contributed by atoms with Crippen LogP contribution in [0.1, 0.15) is 6.42 Å². The molecule has 0 unspecified atom stereocenters. The van der Waals surface area contributed by atoms with E-state index in [4.69, 9.17) is 9.84 Å². The lowest BCUT2D eigenvalue weighted by Gasteiger charge is -2.04. The third-order valence-electron chi connectivity index (χ3n) is 1.64. The quantitative estimate of drug-likeness (QED) is 0.459. The SMILES string of the molecule is O=[N+]([O-])c1cc(F)cc(OCCCO)c1. The van der Waals surface area contributed by atoms with Crippen LogP contribution in [0, 0.1) is 15.9 Å². The molecule has 82 valence electrons. The number of aliphatic hydroxyl groups excluding tert-OH is 1. The van der Waals surface area contributed by atoms with Crippen LogP contribution in [0.5, 0.6) is 5.75 Å². The Morgan fingerprint density at radius 1 is 1.47 bits per heavy atom. The van der Waals surface area contributed by atoms with Gasteiger partial charge in [-0.2, -0.15) is 0 Å². The fourth-order valence-electron chi connectivity index (χ4n) is 0.991. The zero-order valence-electron chi connectivity index (χ0n) is 7.85. The molecule has 0 radical (unpaired) electrons. The summed E-state index contributed by atoms with van der Waals surface area (Å²) in [6.07, 6.45) is 0.393. The lowest BCUT2D eigenvalue weighted by Crippen LogP contribution is -2.00. The van der Waals surface area contributed by atoms with Gasteiger partial charge in [0.25, 0.3) is 5.69 Å². The summed E-state index contributed by atoms with van der Waals surface area (Å²) in [5, 5.41) is 18.9. The van der Waals surface area contributed by atoms with E-state index in [0.717, 1.165) is 18.2 Å². The van der Waals surface area contributed by atoms with Gasteiger partial charge in [0.15, 0.2) is 0 Å². The molecule has 0 saturated heterocycles. The number of rotatable bonds is 5. The molecule has 0 heterocycles. The number of benzene rings is 1. The Morgan fingerprint density at radius 2 is 2.20 bits per heavy atom. The summed E-state index contributed by atoms with van der Waals surface area (Å²) in [7, 11) is 0. The minimum atomic E-state index is -0.719. The second-order valence-corrected chi connectivity index (χ2v) is 2.83. The molecule has 15 heavy (non-hydrogen) atoms. The van der Waals surface area contributed by atoms with Crippen LogP contribution >= 0.6 is 0 Å². The number of hydrogen-bond acceptors (Lipinski definition) is 4. The topological polar surface area (TPSA) is 72.6 Å². The maximum atomic E-state index is 12.9. The Morgan fingerprint density at radius 3 is 2.80 bits per heavy atom. The molecule has 6 heteroatoms. The van der Waals surface area contributed by atoms with E-state index >= 15 is 0 Å². The van der Waals surface area contributed by atoms with Gasteiger partial charge in [0, 0.05) is 19.1 Å². The van der Waals surface area contributed by atoms with Crippen molar-refractivity contribution in [1.29, 1.82) is 0 Å². The van der Waals surface area contributed by atoms with Gasteiger partial charge in [-0.25, -0.2) is 4.39 Å². The Bertz CT molecular complexity index is 356. The highest BCUT2D eigenvalue weighted by Crippen LogP contribution is 2.21. The van der Waals surface area contributed by atoms with E-state index in [1.165, 1.54) is 0 Å². The first-order valence-electron chi connectivity index (χ1n) is 4.32. The van der Waals surface area contributed by atoms with Crippen molar-refractivity contribution in [3.63, 3.8) is 0 Å². The highest BCUT2D eigenvalue weighted by Gasteiger charge is 2.10. The summed E-state index contributed by atoms with van der Waals surface area (Å²) in [5.41, 5.74) is -0.353. The lowest BCUT2D eigenvalue weighted by molar-refractivity contribution is -0.385. The molecular formula is C9H10FNO4. The first kappa shape index (κ1) is 11.4. The van der Waals surface area contributed by atoms with Crippen LogP contribution in [0.25, 0.3) is 0 Å². The Kier molecular flexibility index (Phi) is 3.99. The molecule has 0 fully saturated rings. The Labute approximate surface area is 85.3 Å². The second kappa shape index (κ2) is 5.26. The second-order valence-electron chi connectivity index (χ2n) is 2.83. The molecule has 0 atom stereocenters. The Hall–Kier alpha value is -1.69. The van der Waals surface area contributed by atoms with E-state index < -0.39 is 10.7 Å². The normalized spacial score (nSPS) is 10.0. The number of ether oxygens (including phenoxy) is 1. The van der Waals surface area contributed by atoms with Crippen molar-refractivity contribution in [3.05, 3.63) is 34.1 Å². The van der Waals surface area contributed by atoms with Crippen LogP contribution in [-0.2, 0) is 0 Å². The van der Waals surface area contributed by atoms with Crippen LogP contribution < -0.4 is 4.74 Å². The van der Waals surface area contributed by atoms with E-state index in [0.29, 0.717) is 6.42 Å². The molecule has 0 bridgehead atoms. The van der Waals surface area contributed by atoms with Crippen LogP contribution in [0.15, 0.2) is 18.2 Å². The van der Waals surface area contributed by atoms with Gasteiger partial charge < -0.3 is 9.84 Å². The smallest absolute Gasteiger partial charge is 0.276 e. The van der Waals surface area contributed by atoms with Crippen molar-refractivity contribution in [2.45, 2.75) is 6.42 Å². The highest BCUT2D eigenvalue weighted by molar-refractivity contribution is 5.38. The summed E-state index contributed by atoms with van der Waals surface area (Å²) in [5.74, 6) is -0.627. The molecule has 1 N–H and O–H groups in total. The molecule has 0 aromatic heterocycles. The average Bonchev–Trinajstić information content (AvgIpc) is 2.17. The standard InChI is InChI=1S/C9H10FNO4/c10-7-4-8(11(13)14)6-9(5-7)15-3-1-2-12/h4-6,12H,1-3H2. The molecule has 5 nitrogen and oxygen atoms in total. The molecule has 0 spiro atoms. The third kappa shape index (κ3) is 3.51. The summed E-state index contributed by atoms with van der Waals surface area (Å²) in [4.78, 5) is 9.69. The van der Waals surface area contributed by atoms with E-state index in [1.807, 2.05) is 0 Å². The third-order valence-corrected chi connectivity index (χ3v) is 1.64. The van der Waals surface area contributed by atoms with E-state index in [1.54, 1.807) is 0 Å². The number of nitro groups is 1. The fraction of sp³-hybridized carbons (Fsp3) is 0.333. The molecule has 1 rings (SSSR count). The van der Waals surface area contributed by atoms with Gasteiger partial charge in [0.2, 0.25) is 0 Å². The molecule has 1 aromatic carbocycles. The van der Waals surface area contributed by atoms with Gasteiger partial charge in [-0.1, -0.05) is 0 Å². The average molecular weight is 215 g/mol. The maximum absolute atomic E-state index is 12.9. The molecule has 0 saturated carbocycles. The van der Waals surface area contributed by atoms with Crippen molar-refractivity contribution >= 4 is 5.69 Å². The summed E-state index contributed by atoms with van der Waals surface area (Å²) >= 11 is 0. The van der Waals surface area contributed by atoms with Crippen LogP contribution in [0.2, 0.25) is 0 Å². The van der Waals surface area contributed by atoms with Crippen molar-refractivity contribution in [3.8, 4) is 5.75 Å². The van der Waals surface area contributed by atoms with Crippen LogP contribution in [0.3, 0.4) is 0 Å². The number of hydrogen-bond donors (Lipinski definition) is 1. The summed E-state index contributed by atoms with van der Waals surface area (Å²) < 4.78 is 17.9. The maximum Gasteiger partial charge on any atom is 0.276 e. The highest BCUT2D eigenvalue weighted by atomic mass is 19.1. The molecule has 0 aliphatic rings. The minimum Gasteiger partial charge on any atom is -0.493 e. The van der Waals surface area contributed by atoms with Gasteiger partial charge >= 0.3 is 0 Å². The molecule has 1 aromatic rings. The van der Waals surface area contributed by atoms with Gasteiger partial charge in [-0.05, 0) is 0 Å². The number of halogens is 1. The molecule has 0 aliphatic carbocycles. The monoisotopic (exact) mass is 215 g/mol. The number of nitrogens with zero attached hydrogens (tertiary/aromatic N) is 1. The zero-order valence-corrected chi connectivity index (χ0v) is 7.85. The van der Waals surface area contributed by atoms with Crippen LogP contribution in [-0.4, -0.2) is 23.2 Å². The Balaban J connectivity index is 2.75. The number of aliphatic hydroxyl groups is 1. The molecular weight excluding hydrogens is 205 g/mol. The predicted octanol–water partition coefficient (Wildman–Crippen LogP) is 1.50. The minimum absolute atomic E-state index is 0.0442. The van der Waals surface area contributed by atoms with Gasteiger partial charge in [0.1, 0.15) is 11.6 Å². The van der Waals surface area contributed by atoms with E-state index in [9.17, 15) is 14.5 Å². The first-order chi connectivity index (χ1) is 7.13. The number of nitro benzene ring substituents is 1. The lowest BCUT2D eigenvalue weighted by atomic mass is 10.3. The number of non-ortho nitro benzene ring substituents is 1. The molecule has 0 amide bonds. The van der Waals surface area contributed by atoms with Crippen LogP contribution in [0.4, 0.5) is 10.1 Å². The van der Waals surface area contributed by atoms with Crippen molar-refractivity contribution in [2.24, 2.45) is 0 Å². The van der Waals surface area contributed by atoms with Gasteiger partial charge in [-0.3, -0.25) is 10.1 Å². The van der Waals surface area contributed by atoms with Crippen molar-refractivity contribution in [1.82, 2.24) is 0 Å². The van der Waals surface area contributed by atoms with E-state index in [2.05, 4.69) is 0 Å². The first-order valence-corrected chi connectivity index (χ1v) is 4.32. The zero-order chi connectivity index (χ0) is 11.3. The van der Waals surface area contributed by atoms with Crippen molar-refractivity contribution in [2.75, 3.05) is 13.2 Å². The van der Waals surface area contributed by atoms with Crippen molar-refractivity contribution < 1.29 is 19.2 Å². The van der Waals surface area contributed by atoms with E-state index in [-0.39, 0.29) is 24.7 Å². The fourth-order valence-corrected chi connectivity index (χ4v) is 0.991. The van der Waals surface area contributed by atoms with Gasteiger partial charge in [0.05, 0.1) is 23.7 Å². The largest absolute Gasteiger partial charge is 0.493 e. The summed E-state index contributed by atoms with van der Waals surface area (Å²) in [6, 6.07) is 3.02.